The van der Waals surface area contributed by atoms with Crippen LogP contribution in [0.2, 0.25) is 0 Å². The Morgan fingerprint density at radius 3 is 2.33 bits per heavy atom. The Labute approximate surface area is 159 Å². The molecule has 1 aromatic carbocycles. The van der Waals surface area contributed by atoms with Gasteiger partial charge in [0.05, 0.1) is 27.1 Å². The second kappa shape index (κ2) is 9.08. The number of carbonyl (C=O) groups excluding carboxylic acids is 2. The highest BCUT2D eigenvalue weighted by atomic mass is 32.2. The van der Waals surface area contributed by atoms with E-state index in [1.165, 1.54) is 21.3 Å². The first-order chi connectivity index (χ1) is 12.9. The number of aromatic amines is 1. The normalized spacial score (nSPS) is 10.2. The highest BCUT2D eigenvalue weighted by molar-refractivity contribution is 8.00. The quantitative estimate of drug-likeness (QED) is 0.414. The highest BCUT2D eigenvalue weighted by Gasteiger charge is 2.19. The number of H-pyrrole nitrogens is 1. The van der Waals surface area contributed by atoms with Crippen molar-refractivity contribution in [1.29, 1.82) is 0 Å². The third kappa shape index (κ3) is 5.23. The van der Waals surface area contributed by atoms with Crippen LogP contribution in [0.3, 0.4) is 0 Å². The van der Waals surface area contributed by atoms with Gasteiger partial charge < -0.3 is 24.5 Å². The standard InChI is InChI=1S/C17H19N3O6S/c1-9-14(16(22)26-4)15(20-17(23)18-9)27-8-13(21)19-10-5-11(24-2)7-12(6-10)25-3/h5-7H,8H2,1-4H3,(H,19,21)(H,18,20,23). The topological polar surface area (TPSA) is 120 Å². The third-order valence-electron chi connectivity index (χ3n) is 3.45. The predicted molar refractivity (Wildman–Crippen MR) is 99.8 cm³/mol. The van der Waals surface area contributed by atoms with Crippen LogP contribution < -0.4 is 20.5 Å². The average Bonchev–Trinajstić information content (AvgIpc) is 2.64. The molecule has 1 aromatic heterocycles. The first-order valence-electron chi connectivity index (χ1n) is 7.73. The number of anilines is 1. The van der Waals surface area contributed by atoms with E-state index in [0.717, 1.165) is 11.8 Å². The van der Waals surface area contributed by atoms with Gasteiger partial charge in [0.15, 0.2) is 0 Å². The molecule has 0 aliphatic heterocycles. The lowest BCUT2D eigenvalue weighted by molar-refractivity contribution is -0.113. The van der Waals surface area contributed by atoms with Gasteiger partial charge >= 0.3 is 11.7 Å². The minimum Gasteiger partial charge on any atom is -0.497 e. The number of nitrogens with one attached hydrogen (secondary N) is 2. The van der Waals surface area contributed by atoms with Crippen LogP contribution in [0.4, 0.5) is 5.69 Å². The molecule has 0 radical (unpaired) electrons. The first kappa shape index (κ1) is 20.3. The summed E-state index contributed by atoms with van der Waals surface area (Å²) >= 11 is 0.960. The molecule has 0 atom stereocenters. The van der Waals surface area contributed by atoms with Crippen LogP contribution in [0, 0.1) is 6.92 Å². The van der Waals surface area contributed by atoms with Crippen molar-refractivity contribution >= 4 is 29.3 Å². The number of amides is 1. The molecule has 2 aromatic rings. The van der Waals surface area contributed by atoms with Gasteiger partial charge in [0.25, 0.3) is 0 Å². The smallest absolute Gasteiger partial charge is 0.346 e. The number of esters is 1. The summed E-state index contributed by atoms with van der Waals surface area (Å²) in [5.74, 6) is -0.0174. The maximum atomic E-state index is 12.3. The Hall–Kier alpha value is -3.01. The molecule has 0 bridgehead atoms. The fourth-order valence-electron chi connectivity index (χ4n) is 2.22. The third-order valence-corrected chi connectivity index (χ3v) is 4.43. The van der Waals surface area contributed by atoms with Crippen LogP contribution in [-0.2, 0) is 9.53 Å². The van der Waals surface area contributed by atoms with Crippen LogP contribution in [0.15, 0.2) is 28.0 Å². The van der Waals surface area contributed by atoms with E-state index in [2.05, 4.69) is 15.3 Å². The summed E-state index contributed by atoms with van der Waals surface area (Å²) in [7, 11) is 4.24. The van der Waals surface area contributed by atoms with Gasteiger partial charge in [0, 0.05) is 29.6 Å². The van der Waals surface area contributed by atoms with E-state index in [9.17, 15) is 14.4 Å². The molecule has 1 amide bonds. The SMILES string of the molecule is COC(=O)c1c(SCC(=O)Nc2cc(OC)cc(OC)c2)nc(=O)[nH]c1C. The van der Waals surface area contributed by atoms with Crippen LogP contribution in [-0.4, -0.2) is 48.9 Å². The zero-order valence-corrected chi connectivity index (χ0v) is 16.1. The molecule has 1 heterocycles. The molecule has 2 rings (SSSR count). The Bertz CT molecular complexity index is 890. The molecule has 0 unspecified atom stereocenters. The summed E-state index contributed by atoms with van der Waals surface area (Å²) in [6.45, 7) is 1.56. The largest absolute Gasteiger partial charge is 0.497 e. The van der Waals surface area contributed by atoms with E-state index in [4.69, 9.17) is 14.2 Å². The van der Waals surface area contributed by atoms with Crippen molar-refractivity contribution in [3.8, 4) is 11.5 Å². The number of aryl methyl sites for hydroxylation is 1. The molecule has 0 aliphatic carbocycles. The molecular weight excluding hydrogens is 374 g/mol. The van der Waals surface area contributed by atoms with Crippen molar-refractivity contribution in [3.63, 3.8) is 0 Å². The monoisotopic (exact) mass is 393 g/mol. The van der Waals surface area contributed by atoms with E-state index in [1.807, 2.05) is 0 Å². The van der Waals surface area contributed by atoms with Crippen LogP contribution in [0.1, 0.15) is 16.1 Å². The van der Waals surface area contributed by atoms with Gasteiger partial charge in [0.2, 0.25) is 5.91 Å². The molecule has 0 spiro atoms. The lowest BCUT2D eigenvalue weighted by atomic mass is 10.2. The molecule has 2 N–H and O–H groups in total. The molecule has 9 nitrogen and oxygen atoms in total. The number of methoxy groups -OCH3 is 3. The fraction of sp³-hybridized carbons (Fsp3) is 0.294. The van der Waals surface area contributed by atoms with Crippen molar-refractivity contribution in [1.82, 2.24) is 9.97 Å². The van der Waals surface area contributed by atoms with Gasteiger partial charge in [-0.25, -0.2) is 9.59 Å². The molecule has 27 heavy (non-hydrogen) atoms. The van der Waals surface area contributed by atoms with Crippen molar-refractivity contribution in [3.05, 3.63) is 39.9 Å². The van der Waals surface area contributed by atoms with Crippen LogP contribution in [0.5, 0.6) is 11.5 Å². The van der Waals surface area contributed by atoms with E-state index in [-0.39, 0.29) is 22.2 Å². The Morgan fingerprint density at radius 1 is 1.15 bits per heavy atom. The minimum atomic E-state index is -0.642. The Morgan fingerprint density at radius 2 is 1.78 bits per heavy atom. The van der Waals surface area contributed by atoms with Crippen molar-refractivity contribution in [2.24, 2.45) is 0 Å². The van der Waals surface area contributed by atoms with Crippen molar-refractivity contribution in [2.75, 3.05) is 32.4 Å². The Kier molecular flexibility index (Phi) is 6.83. The molecule has 0 aliphatic rings. The highest BCUT2D eigenvalue weighted by Crippen LogP contribution is 2.26. The number of nitrogens with zero attached hydrogens (tertiary/aromatic N) is 1. The molecule has 0 saturated carbocycles. The maximum absolute atomic E-state index is 12.3. The average molecular weight is 393 g/mol. The van der Waals surface area contributed by atoms with E-state index < -0.39 is 11.7 Å². The zero-order valence-electron chi connectivity index (χ0n) is 15.2. The lowest BCUT2D eigenvalue weighted by Gasteiger charge is -2.11. The van der Waals surface area contributed by atoms with Gasteiger partial charge in [-0.15, -0.1) is 0 Å². The van der Waals surface area contributed by atoms with Gasteiger partial charge in [-0.3, -0.25) is 4.79 Å². The van der Waals surface area contributed by atoms with Crippen molar-refractivity contribution < 1.29 is 23.8 Å². The fourth-order valence-corrected chi connectivity index (χ4v) is 3.09. The first-order valence-corrected chi connectivity index (χ1v) is 8.71. The van der Waals surface area contributed by atoms with E-state index in [0.29, 0.717) is 22.9 Å². The van der Waals surface area contributed by atoms with Crippen molar-refractivity contribution in [2.45, 2.75) is 11.9 Å². The van der Waals surface area contributed by atoms with Gasteiger partial charge in [-0.1, -0.05) is 11.8 Å². The zero-order chi connectivity index (χ0) is 20.0. The van der Waals surface area contributed by atoms with Gasteiger partial charge in [-0.05, 0) is 6.92 Å². The summed E-state index contributed by atoms with van der Waals surface area (Å²) in [4.78, 5) is 42.0. The van der Waals surface area contributed by atoms with Gasteiger partial charge in [0.1, 0.15) is 22.1 Å². The summed E-state index contributed by atoms with van der Waals surface area (Å²) in [6, 6.07) is 4.96. The summed E-state index contributed by atoms with van der Waals surface area (Å²) in [5.41, 5.74) is 0.320. The molecule has 0 fully saturated rings. The summed E-state index contributed by atoms with van der Waals surface area (Å²) < 4.78 is 15.0. The number of rotatable bonds is 7. The van der Waals surface area contributed by atoms with E-state index in [1.54, 1.807) is 25.1 Å². The van der Waals surface area contributed by atoms with Gasteiger partial charge in [-0.2, -0.15) is 4.98 Å². The van der Waals surface area contributed by atoms with Crippen LogP contribution >= 0.6 is 11.8 Å². The molecule has 144 valence electrons. The van der Waals surface area contributed by atoms with Crippen LogP contribution in [0.25, 0.3) is 0 Å². The number of aromatic nitrogens is 2. The number of hydrogen-bond acceptors (Lipinski definition) is 8. The van der Waals surface area contributed by atoms with E-state index >= 15 is 0 Å². The summed E-state index contributed by atoms with van der Waals surface area (Å²) in [6.07, 6.45) is 0. The molecule has 10 heteroatoms. The number of carbonyl (C=O) groups is 2. The second-order valence-corrected chi connectivity index (χ2v) is 6.24. The summed E-state index contributed by atoms with van der Waals surface area (Å²) in [5, 5.41) is 2.83. The Balaban J connectivity index is 2.15. The maximum Gasteiger partial charge on any atom is 0.346 e. The minimum absolute atomic E-state index is 0.0700. The predicted octanol–water partition coefficient (Wildman–Crippen LogP) is 1.61. The number of benzene rings is 1. The number of thioether (sulfide) groups is 1. The molecule has 0 saturated heterocycles. The number of hydrogen-bond donors (Lipinski definition) is 2. The molecular formula is C17H19N3O6S. The lowest BCUT2D eigenvalue weighted by Crippen LogP contribution is -2.20. The second-order valence-electron chi connectivity index (χ2n) is 5.28. The number of ether oxygens (including phenoxy) is 3.